The van der Waals surface area contributed by atoms with Gasteiger partial charge >= 0.3 is 0 Å². The highest BCUT2D eigenvalue weighted by Gasteiger charge is 2.26. The zero-order chi connectivity index (χ0) is 14.2. The minimum absolute atomic E-state index is 0.139. The smallest absolute Gasteiger partial charge is 0.227 e. The maximum absolute atomic E-state index is 12.4. The quantitative estimate of drug-likeness (QED) is 0.847. The molecule has 0 saturated carbocycles. The van der Waals surface area contributed by atoms with Crippen molar-refractivity contribution in [2.75, 3.05) is 26.2 Å². The summed E-state index contributed by atoms with van der Waals surface area (Å²) in [7, 11) is 0. The third kappa shape index (κ3) is 4.11. The van der Waals surface area contributed by atoms with Gasteiger partial charge in [-0.3, -0.25) is 4.79 Å². The van der Waals surface area contributed by atoms with Gasteiger partial charge in [-0.1, -0.05) is 37.0 Å². The molecule has 1 aliphatic rings. The van der Waals surface area contributed by atoms with Crippen LogP contribution < -0.4 is 5.32 Å². The van der Waals surface area contributed by atoms with E-state index in [1.807, 2.05) is 35.2 Å². The number of hydrogen-bond donors (Lipinski definition) is 1. The molecule has 1 aromatic rings. The molecular formula is C17H22N2O. The number of nitrogens with zero attached hydrogens (tertiary/aromatic N) is 1. The molecule has 1 N–H and O–H groups in total. The van der Waals surface area contributed by atoms with Gasteiger partial charge in [-0.15, -0.1) is 0 Å². The summed E-state index contributed by atoms with van der Waals surface area (Å²) in [5.74, 6) is 6.63. The molecule has 1 heterocycles. The maximum Gasteiger partial charge on any atom is 0.227 e. The molecular weight excluding hydrogens is 248 g/mol. The lowest BCUT2D eigenvalue weighted by atomic mass is 10.1. The van der Waals surface area contributed by atoms with E-state index >= 15 is 0 Å². The highest BCUT2D eigenvalue weighted by Crippen LogP contribution is 2.11. The van der Waals surface area contributed by atoms with Crippen molar-refractivity contribution in [1.82, 2.24) is 10.2 Å². The minimum Gasteiger partial charge on any atom is -0.331 e. The number of rotatable bonds is 4. The average Bonchev–Trinajstić information content (AvgIpc) is 3.01. The first-order valence-electron chi connectivity index (χ1n) is 7.34. The van der Waals surface area contributed by atoms with Gasteiger partial charge in [0.05, 0.1) is 12.5 Å². The Hall–Kier alpha value is -1.79. The summed E-state index contributed by atoms with van der Waals surface area (Å²) < 4.78 is 0. The van der Waals surface area contributed by atoms with Crippen molar-refractivity contribution in [2.45, 2.75) is 19.8 Å². The number of hydrogen-bond acceptors (Lipinski definition) is 2. The van der Waals surface area contributed by atoms with E-state index in [-0.39, 0.29) is 11.8 Å². The van der Waals surface area contributed by atoms with Crippen molar-refractivity contribution in [3.63, 3.8) is 0 Å². The maximum atomic E-state index is 12.4. The first-order chi connectivity index (χ1) is 9.81. The monoisotopic (exact) mass is 270 g/mol. The van der Waals surface area contributed by atoms with Crippen LogP contribution in [0.4, 0.5) is 0 Å². The van der Waals surface area contributed by atoms with Gasteiger partial charge in [0, 0.05) is 18.7 Å². The summed E-state index contributed by atoms with van der Waals surface area (Å²) in [6.45, 7) is 5.17. The molecule has 1 fully saturated rings. The van der Waals surface area contributed by atoms with Crippen LogP contribution in [0.1, 0.15) is 25.3 Å². The Bertz CT molecular complexity index is 481. The second-order valence-electron chi connectivity index (χ2n) is 5.12. The first kappa shape index (κ1) is 14.6. The van der Waals surface area contributed by atoms with Gasteiger partial charge in [-0.05, 0) is 31.5 Å². The van der Waals surface area contributed by atoms with Crippen LogP contribution in [0.5, 0.6) is 0 Å². The molecule has 1 saturated heterocycles. The fourth-order valence-corrected chi connectivity index (χ4v) is 2.42. The Labute approximate surface area is 121 Å². The Morgan fingerprint density at radius 1 is 1.40 bits per heavy atom. The van der Waals surface area contributed by atoms with Gasteiger partial charge in [-0.25, -0.2) is 0 Å². The largest absolute Gasteiger partial charge is 0.331 e. The fourth-order valence-electron chi connectivity index (χ4n) is 2.42. The lowest BCUT2D eigenvalue weighted by Crippen LogP contribution is -2.37. The molecule has 0 spiro atoms. The van der Waals surface area contributed by atoms with E-state index in [1.165, 1.54) is 0 Å². The SMILES string of the molecule is CCCN(CC#Cc1ccccc1)C(=O)[C@@H]1CCNC1. The first-order valence-corrected chi connectivity index (χ1v) is 7.34. The van der Waals surface area contributed by atoms with Crippen LogP contribution in [0, 0.1) is 17.8 Å². The van der Waals surface area contributed by atoms with Crippen molar-refractivity contribution >= 4 is 5.91 Å². The highest BCUT2D eigenvalue weighted by molar-refractivity contribution is 5.79. The summed E-state index contributed by atoms with van der Waals surface area (Å²) in [6.07, 6.45) is 1.92. The summed E-state index contributed by atoms with van der Waals surface area (Å²) in [5, 5.41) is 3.25. The van der Waals surface area contributed by atoms with Crippen LogP contribution >= 0.6 is 0 Å². The Balaban J connectivity index is 1.95. The van der Waals surface area contributed by atoms with Crippen molar-refractivity contribution in [2.24, 2.45) is 5.92 Å². The zero-order valence-corrected chi connectivity index (χ0v) is 12.1. The van der Waals surface area contributed by atoms with E-state index < -0.39 is 0 Å². The molecule has 1 aromatic carbocycles. The van der Waals surface area contributed by atoms with Crippen molar-refractivity contribution in [1.29, 1.82) is 0 Å². The molecule has 20 heavy (non-hydrogen) atoms. The van der Waals surface area contributed by atoms with Gasteiger partial charge in [0.1, 0.15) is 0 Å². The predicted octanol–water partition coefficient (Wildman–Crippen LogP) is 1.89. The predicted molar refractivity (Wildman–Crippen MR) is 81.2 cm³/mol. The van der Waals surface area contributed by atoms with Crippen LogP contribution in [-0.2, 0) is 4.79 Å². The van der Waals surface area contributed by atoms with Gasteiger partial charge in [0.25, 0.3) is 0 Å². The fraction of sp³-hybridized carbons (Fsp3) is 0.471. The molecule has 106 valence electrons. The highest BCUT2D eigenvalue weighted by atomic mass is 16.2. The average molecular weight is 270 g/mol. The standard InChI is InChI=1S/C17H22N2O/c1-2-12-19(17(20)16-10-11-18-14-16)13-6-9-15-7-4-3-5-8-15/h3-5,7-8,16,18H,2,10-14H2,1H3/t16-/m1/s1. The normalized spacial score (nSPS) is 17.4. The zero-order valence-electron chi connectivity index (χ0n) is 12.1. The van der Waals surface area contributed by atoms with E-state index in [9.17, 15) is 4.79 Å². The molecule has 0 aromatic heterocycles. The second-order valence-corrected chi connectivity index (χ2v) is 5.12. The lowest BCUT2D eigenvalue weighted by Gasteiger charge is -2.22. The van der Waals surface area contributed by atoms with Crippen LogP contribution in [0.3, 0.4) is 0 Å². The van der Waals surface area contributed by atoms with Gasteiger partial charge in [-0.2, -0.15) is 0 Å². The third-order valence-electron chi connectivity index (χ3n) is 3.49. The molecule has 3 nitrogen and oxygen atoms in total. The molecule has 0 unspecified atom stereocenters. The molecule has 3 heteroatoms. The van der Waals surface area contributed by atoms with E-state index in [2.05, 4.69) is 24.1 Å². The topological polar surface area (TPSA) is 32.3 Å². The summed E-state index contributed by atoms with van der Waals surface area (Å²) in [6, 6.07) is 9.90. The van der Waals surface area contributed by atoms with Gasteiger partial charge in [0.15, 0.2) is 0 Å². The van der Waals surface area contributed by atoms with Crippen LogP contribution in [0.2, 0.25) is 0 Å². The minimum atomic E-state index is 0.139. The Kier molecular flexibility index (Phi) is 5.64. The van der Waals surface area contributed by atoms with Crippen molar-refractivity contribution < 1.29 is 4.79 Å². The van der Waals surface area contributed by atoms with Crippen LogP contribution in [-0.4, -0.2) is 37.0 Å². The van der Waals surface area contributed by atoms with Crippen molar-refractivity contribution in [3.05, 3.63) is 35.9 Å². The molecule has 1 amide bonds. The van der Waals surface area contributed by atoms with E-state index in [0.717, 1.165) is 38.0 Å². The molecule has 1 atom stereocenters. The number of amides is 1. The third-order valence-corrected chi connectivity index (χ3v) is 3.49. The Morgan fingerprint density at radius 2 is 2.20 bits per heavy atom. The van der Waals surface area contributed by atoms with Gasteiger partial charge in [0.2, 0.25) is 5.91 Å². The second kappa shape index (κ2) is 7.72. The molecule has 0 bridgehead atoms. The molecule has 0 aliphatic carbocycles. The number of carbonyl (C=O) groups is 1. The lowest BCUT2D eigenvalue weighted by molar-refractivity contribution is -0.134. The summed E-state index contributed by atoms with van der Waals surface area (Å²) in [5.41, 5.74) is 0.999. The van der Waals surface area contributed by atoms with Crippen molar-refractivity contribution in [3.8, 4) is 11.8 Å². The number of benzene rings is 1. The summed E-state index contributed by atoms with van der Waals surface area (Å²) in [4.78, 5) is 14.3. The van der Waals surface area contributed by atoms with E-state index in [1.54, 1.807) is 0 Å². The van der Waals surface area contributed by atoms with Crippen LogP contribution in [0.25, 0.3) is 0 Å². The molecule has 1 aliphatic heterocycles. The van der Waals surface area contributed by atoms with E-state index in [0.29, 0.717) is 6.54 Å². The molecule has 0 radical (unpaired) electrons. The van der Waals surface area contributed by atoms with Gasteiger partial charge < -0.3 is 10.2 Å². The number of nitrogens with one attached hydrogen (secondary N) is 1. The summed E-state index contributed by atoms with van der Waals surface area (Å²) >= 11 is 0. The molecule has 2 rings (SSSR count). The Morgan fingerprint density at radius 3 is 2.85 bits per heavy atom. The number of carbonyl (C=O) groups excluding carboxylic acids is 1. The van der Waals surface area contributed by atoms with E-state index in [4.69, 9.17) is 0 Å². The van der Waals surface area contributed by atoms with Crippen LogP contribution in [0.15, 0.2) is 30.3 Å².